The molecule has 0 aliphatic carbocycles. The number of nitrogens with one attached hydrogen (secondary N) is 1. The molecule has 8 heteroatoms. The first kappa shape index (κ1) is 14.3. The van der Waals surface area contributed by atoms with Gasteiger partial charge in [-0.1, -0.05) is 6.92 Å². The van der Waals surface area contributed by atoms with Crippen molar-refractivity contribution < 1.29 is 17.9 Å². The maximum Gasteiger partial charge on any atom is 0.262 e. The van der Waals surface area contributed by atoms with Gasteiger partial charge in [0.1, 0.15) is 5.75 Å². The van der Waals surface area contributed by atoms with E-state index in [9.17, 15) is 13.2 Å². The Morgan fingerprint density at radius 2 is 2.14 bits per heavy atom. The average Bonchev–Trinajstić information content (AvgIpc) is 2.78. The Labute approximate surface area is 123 Å². The smallest absolute Gasteiger partial charge is 0.262 e. The summed E-state index contributed by atoms with van der Waals surface area (Å²) in [5.74, 6) is 0.300. The summed E-state index contributed by atoms with van der Waals surface area (Å²) in [4.78, 5) is 11.4. The highest BCUT2D eigenvalue weighted by Crippen LogP contribution is 2.32. The molecule has 1 saturated heterocycles. The summed E-state index contributed by atoms with van der Waals surface area (Å²) in [6, 6.07) is 4.32. The van der Waals surface area contributed by atoms with Crippen LogP contribution < -0.4 is 15.8 Å². The standard InChI is InChI=1S/C13H17N3O4S/c1-8-5-16(6-10(8)14)21(18,19)9-2-3-12-11(4-9)15-13(17)7-20-12/h2-4,8,10H,5-7,14H2,1H3,(H,15,17). The van der Waals surface area contributed by atoms with Crippen molar-refractivity contribution in [1.29, 1.82) is 0 Å². The first-order valence-corrected chi connectivity index (χ1v) is 8.14. The van der Waals surface area contributed by atoms with Gasteiger partial charge >= 0.3 is 0 Å². The molecule has 0 radical (unpaired) electrons. The molecule has 1 amide bonds. The van der Waals surface area contributed by atoms with Gasteiger partial charge in [0.15, 0.2) is 6.61 Å². The van der Waals surface area contributed by atoms with Crippen LogP contribution in [-0.4, -0.2) is 44.4 Å². The van der Waals surface area contributed by atoms with E-state index in [1.165, 1.54) is 16.4 Å². The fraction of sp³-hybridized carbons (Fsp3) is 0.462. The van der Waals surface area contributed by atoms with Crippen LogP contribution in [0.5, 0.6) is 5.75 Å². The van der Waals surface area contributed by atoms with E-state index < -0.39 is 10.0 Å². The Balaban J connectivity index is 1.93. The van der Waals surface area contributed by atoms with E-state index in [2.05, 4.69) is 5.32 Å². The summed E-state index contributed by atoms with van der Waals surface area (Å²) in [5, 5.41) is 2.61. The highest BCUT2D eigenvalue weighted by Gasteiger charge is 2.35. The molecule has 2 unspecified atom stereocenters. The van der Waals surface area contributed by atoms with Gasteiger partial charge in [-0.3, -0.25) is 4.79 Å². The number of sulfonamides is 1. The highest BCUT2D eigenvalue weighted by molar-refractivity contribution is 7.89. The van der Waals surface area contributed by atoms with Crippen molar-refractivity contribution in [2.75, 3.05) is 25.0 Å². The lowest BCUT2D eigenvalue weighted by molar-refractivity contribution is -0.118. The predicted molar refractivity (Wildman–Crippen MR) is 76.5 cm³/mol. The number of ether oxygens (including phenoxy) is 1. The lowest BCUT2D eigenvalue weighted by Gasteiger charge is -2.20. The van der Waals surface area contributed by atoms with Gasteiger partial charge in [0.2, 0.25) is 10.0 Å². The van der Waals surface area contributed by atoms with Crippen molar-refractivity contribution in [3.8, 4) is 5.75 Å². The Morgan fingerprint density at radius 3 is 2.81 bits per heavy atom. The quantitative estimate of drug-likeness (QED) is 0.799. The number of hydrogen-bond donors (Lipinski definition) is 2. The van der Waals surface area contributed by atoms with E-state index in [-0.39, 0.29) is 29.4 Å². The predicted octanol–water partition coefficient (Wildman–Crippen LogP) is -0.0148. The second kappa shape index (κ2) is 4.97. The Morgan fingerprint density at radius 1 is 1.38 bits per heavy atom. The first-order chi connectivity index (χ1) is 9.88. The van der Waals surface area contributed by atoms with Crippen LogP contribution in [0.1, 0.15) is 6.92 Å². The van der Waals surface area contributed by atoms with Crippen molar-refractivity contribution in [3.05, 3.63) is 18.2 Å². The Bertz CT molecular complexity index is 679. The van der Waals surface area contributed by atoms with Crippen LogP contribution in [0.4, 0.5) is 5.69 Å². The van der Waals surface area contributed by atoms with E-state index in [4.69, 9.17) is 10.5 Å². The zero-order valence-corrected chi connectivity index (χ0v) is 12.4. The van der Waals surface area contributed by atoms with Gasteiger partial charge in [-0.15, -0.1) is 0 Å². The average molecular weight is 311 g/mol. The largest absolute Gasteiger partial charge is 0.482 e. The normalized spacial score (nSPS) is 26.1. The van der Waals surface area contributed by atoms with Crippen LogP contribution in [0, 0.1) is 5.92 Å². The molecule has 21 heavy (non-hydrogen) atoms. The van der Waals surface area contributed by atoms with Gasteiger partial charge in [0.25, 0.3) is 5.91 Å². The molecular weight excluding hydrogens is 294 g/mol. The fourth-order valence-corrected chi connectivity index (χ4v) is 4.12. The molecule has 0 bridgehead atoms. The van der Waals surface area contributed by atoms with E-state index in [1.54, 1.807) is 6.07 Å². The summed E-state index contributed by atoms with van der Waals surface area (Å²) < 4.78 is 31.8. The van der Waals surface area contributed by atoms with E-state index >= 15 is 0 Å². The molecule has 2 heterocycles. The van der Waals surface area contributed by atoms with Crippen LogP contribution in [0.3, 0.4) is 0 Å². The number of fused-ring (bicyclic) bond motifs is 1. The van der Waals surface area contributed by atoms with Crippen LogP contribution in [-0.2, 0) is 14.8 Å². The molecule has 114 valence electrons. The highest BCUT2D eigenvalue weighted by atomic mass is 32.2. The van der Waals surface area contributed by atoms with Gasteiger partial charge in [-0.05, 0) is 24.1 Å². The van der Waals surface area contributed by atoms with E-state index in [0.717, 1.165) is 0 Å². The molecule has 0 spiro atoms. The molecular formula is C13H17N3O4S. The van der Waals surface area contributed by atoms with Crippen LogP contribution >= 0.6 is 0 Å². The van der Waals surface area contributed by atoms with Crippen molar-refractivity contribution >= 4 is 21.6 Å². The Hall–Kier alpha value is -1.64. The summed E-state index contributed by atoms with van der Waals surface area (Å²) >= 11 is 0. The molecule has 3 rings (SSSR count). The molecule has 0 aromatic heterocycles. The van der Waals surface area contributed by atoms with Gasteiger partial charge in [-0.25, -0.2) is 8.42 Å². The second-order valence-electron chi connectivity index (χ2n) is 5.46. The number of hydrogen-bond acceptors (Lipinski definition) is 5. The molecule has 2 aliphatic heterocycles. The van der Waals surface area contributed by atoms with Crippen molar-refractivity contribution in [3.63, 3.8) is 0 Å². The molecule has 1 aromatic carbocycles. The fourth-order valence-electron chi connectivity index (χ4n) is 2.51. The second-order valence-corrected chi connectivity index (χ2v) is 7.40. The monoisotopic (exact) mass is 311 g/mol. The zero-order chi connectivity index (χ0) is 15.2. The lowest BCUT2D eigenvalue weighted by atomic mass is 10.1. The number of carbonyl (C=O) groups excluding carboxylic acids is 1. The minimum atomic E-state index is -3.61. The number of rotatable bonds is 2. The summed E-state index contributed by atoms with van der Waals surface area (Å²) in [6.45, 7) is 2.59. The third kappa shape index (κ3) is 2.50. The Kier molecular flexibility index (Phi) is 3.39. The molecule has 3 N–H and O–H groups in total. The molecule has 2 atom stereocenters. The maximum atomic E-state index is 12.6. The van der Waals surface area contributed by atoms with Gasteiger partial charge in [0, 0.05) is 19.1 Å². The molecule has 1 aromatic rings. The molecule has 2 aliphatic rings. The molecule has 1 fully saturated rings. The van der Waals surface area contributed by atoms with Crippen LogP contribution in [0.15, 0.2) is 23.1 Å². The van der Waals surface area contributed by atoms with Crippen molar-refractivity contribution in [1.82, 2.24) is 4.31 Å². The molecule has 0 saturated carbocycles. The summed E-state index contributed by atoms with van der Waals surface area (Å²) in [7, 11) is -3.61. The minimum Gasteiger partial charge on any atom is -0.482 e. The van der Waals surface area contributed by atoms with Crippen molar-refractivity contribution in [2.45, 2.75) is 17.9 Å². The van der Waals surface area contributed by atoms with Gasteiger partial charge < -0.3 is 15.8 Å². The van der Waals surface area contributed by atoms with Crippen LogP contribution in [0.2, 0.25) is 0 Å². The summed E-state index contributed by atoms with van der Waals surface area (Å²) in [5.41, 5.74) is 6.27. The zero-order valence-electron chi connectivity index (χ0n) is 11.6. The minimum absolute atomic E-state index is 0.0579. The number of carbonyl (C=O) groups is 1. The molecule has 7 nitrogen and oxygen atoms in total. The van der Waals surface area contributed by atoms with E-state index in [1.807, 2.05) is 6.92 Å². The number of anilines is 1. The first-order valence-electron chi connectivity index (χ1n) is 6.70. The number of benzene rings is 1. The van der Waals surface area contributed by atoms with Gasteiger partial charge in [0.05, 0.1) is 10.6 Å². The van der Waals surface area contributed by atoms with Crippen molar-refractivity contribution in [2.24, 2.45) is 11.7 Å². The third-order valence-corrected chi connectivity index (χ3v) is 5.69. The SMILES string of the molecule is CC1CN(S(=O)(=O)c2ccc3c(c2)NC(=O)CO3)CC1N. The number of amides is 1. The topological polar surface area (TPSA) is 102 Å². The van der Waals surface area contributed by atoms with E-state index in [0.29, 0.717) is 24.5 Å². The maximum absolute atomic E-state index is 12.6. The van der Waals surface area contributed by atoms with Gasteiger partial charge in [-0.2, -0.15) is 4.31 Å². The van der Waals surface area contributed by atoms with Crippen LogP contribution in [0.25, 0.3) is 0 Å². The number of nitrogens with two attached hydrogens (primary N) is 1. The third-order valence-electron chi connectivity index (χ3n) is 3.86. The number of nitrogens with zero attached hydrogens (tertiary/aromatic N) is 1. The lowest BCUT2D eigenvalue weighted by Crippen LogP contribution is -2.32. The summed E-state index contributed by atoms with van der Waals surface area (Å²) in [6.07, 6.45) is 0.